The smallest absolute Gasteiger partial charge is 0.126 e. The summed E-state index contributed by atoms with van der Waals surface area (Å²) in [5, 5.41) is 0.792. The van der Waals surface area contributed by atoms with Gasteiger partial charge < -0.3 is 9.47 Å². The van der Waals surface area contributed by atoms with Crippen molar-refractivity contribution in [1.82, 2.24) is 0 Å². The predicted molar refractivity (Wildman–Crippen MR) is 52.2 cm³/mol. The van der Waals surface area contributed by atoms with Crippen LogP contribution >= 0.6 is 15.9 Å². The van der Waals surface area contributed by atoms with E-state index >= 15 is 0 Å². The summed E-state index contributed by atoms with van der Waals surface area (Å²) in [5.74, 6) is 1.67. The monoisotopic (exact) mass is 230 g/mol. The van der Waals surface area contributed by atoms with Gasteiger partial charge in [0.1, 0.15) is 11.5 Å². The summed E-state index contributed by atoms with van der Waals surface area (Å²) < 4.78 is 10.2. The Morgan fingerprint density at radius 1 is 1.25 bits per heavy atom. The van der Waals surface area contributed by atoms with Crippen LogP contribution in [0.2, 0.25) is 0 Å². The van der Waals surface area contributed by atoms with Crippen LogP contribution in [-0.4, -0.2) is 14.2 Å². The zero-order valence-electron chi connectivity index (χ0n) is 7.13. The van der Waals surface area contributed by atoms with E-state index in [9.17, 15) is 0 Å². The molecule has 0 heterocycles. The summed E-state index contributed by atoms with van der Waals surface area (Å²) in [6.07, 6.45) is 0. The number of benzene rings is 1. The topological polar surface area (TPSA) is 18.5 Å². The number of rotatable bonds is 3. The van der Waals surface area contributed by atoms with E-state index in [0.29, 0.717) is 0 Å². The second kappa shape index (κ2) is 4.36. The van der Waals surface area contributed by atoms with Gasteiger partial charge in [0.05, 0.1) is 14.2 Å². The minimum absolute atomic E-state index is 0.792. The third kappa shape index (κ3) is 1.91. The highest BCUT2D eigenvalue weighted by atomic mass is 79.9. The lowest BCUT2D eigenvalue weighted by Gasteiger charge is -2.07. The maximum atomic E-state index is 5.17. The molecule has 0 saturated carbocycles. The van der Waals surface area contributed by atoms with E-state index in [1.807, 2.05) is 18.2 Å². The van der Waals surface area contributed by atoms with Crippen molar-refractivity contribution in [3.05, 3.63) is 23.8 Å². The molecule has 0 aliphatic heterocycles. The van der Waals surface area contributed by atoms with Crippen molar-refractivity contribution in [1.29, 1.82) is 0 Å². The lowest BCUT2D eigenvalue weighted by atomic mass is 10.2. The van der Waals surface area contributed by atoms with Crippen molar-refractivity contribution in [3.63, 3.8) is 0 Å². The Morgan fingerprint density at radius 3 is 2.50 bits per heavy atom. The van der Waals surface area contributed by atoms with E-state index in [4.69, 9.17) is 9.47 Å². The van der Waals surface area contributed by atoms with Gasteiger partial charge in [0, 0.05) is 17.0 Å². The van der Waals surface area contributed by atoms with Crippen molar-refractivity contribution >= 4 is 15.9 Å². The van der Waals surface area contributed by atoms with Crippen molar-refractivity contribution < 1.29 is 9.47 Å². The molecule has 0 fully saturated rings. The van der Waals surface area contributed by atoms with Gasteiger partial charge in [0.2, 0.25) is 0 Å². The number of methoxy groups -OCH3 is 2. The molecule has 0 saturated heterocycles. The molecule has 0 spiro atoms. The van der Waals surface area contributed by atoms with Crippen LogP contribution < -0.4 is 9.47 Å². The minimum Gasteiger partial charge on any atom is -0.497 e. The van der Waals surface area contributed by atoms with Gasteiger partial charge in [-0.25, -0.2) is 0 Å². The van der Waals surface area contributed by atoms with Crippen LogP contribution in [0.3, 0.4) is 0 Å². The van der Waals surface area contributed by atoms with Crippen LogP contribution in [0.15, 0.2) is 18.2 Å². The maximum absolute atomic E-state index is 5.17. The van der Waals surface area contributed by atoms with Gasteiger partial charge in [-0.3, -0.25) is 0 Å². The largest absolute Gasteiger partial charge is 0.497 e. The molecule has 0 aliphatic carbocycles. The molecule has 0 radical (unpaired) electrons. The molecule has 3 heteroatoms. The molecule has 0 unspecified atom stereocenters. The van der Waals surface area contributed by atoms with Gasteiger partial charge in [-0.15, -0.1) is 0 Å². The Kier molecular flexibility index (Phi) is 3.41. The second-order valence-corrected chi connectivity index (χ2v) is 2.87. The molecule has 0 bridgehead atoms. The van der Waals surface area contributed by atoms with Crippen molar-refractivity contribution in [2.24, 2.45) is 0 Å². The summed E-state index contributed by atoms with van der Waals surface area (Å²) in [5.41, 5.74) is 1.12. The zero-order chi connectivity index (χ0) is 8.97. The zero-order valence-corrected chi connectivity index (χ0v) is 8.72. The number of halogens is 1. The van der Waals surface area contributed by atoms with E-state index in [2.05, 4.69) is 15.9 Å². The van der Waals surface area contributed by atoms with Gasteiger partial charge in [-0.2, -0.15) is 0 Å². The standard InChI is InChI=1S/C9H11BrO2/c1-11-8-4-3-7(6-10)9(5-8)12-2/h3-5H,6H2,1-2H3. The fourth-order valence-electron chi connectivity index (χ4n) is 0.962. The second-order valence-electron chi connectivity index (χ2n) is 2.31. The first-order valence-corrected chi connectivity index (χ1v) is 4.71. The summed E-state index contributed by atoms with van der Waals surface area (Å²) in [6, 6.07) is 5.77. The Hall–Kier alpha value is -0.700. The third-order valence-electron chi connectivity index (χ3n) is 1.64. The van der Waals surface area contributed by atoms with Gasteiger partial charge in [-0.1, -0.05) is 22.0 Å². The van der Waals surface area contributed by atoms with Crippen LogP contribution in [0.1, 0.15) is 5.56 Å². The maximum Gasteiger partial charge on any atom is 0.126 e. The van der Waals surface area contributed by atoms with E-state index in [1.54, 1.807) is 14.2 Å². The summed E-state index contributed by atoms with van der Waals surface area (Å²) in [6.45, 7) is 0. The fourth-order valence-corrected chi connectivity index (χ4v) is 1.43. The molecule has 0 N–H and O–H groups in total. The highest BCUT2D eigenvalue weighted by molar-refractivity contribution is 9.08. The molecular weight excluding hydrogens is 220 g/mol. The number of ether oxygens (including phenoxy) is 2. The van der Waals surface area contributed by atoms with E-state index in [1.165, 1.54) is 0 Å². The molecule has 1 aromatic rings. The Morgan fingerprint density at radius 2 is 2.00 bits per heavy atom. The van der Waals surface area contributed by atoms with Crippen LogP contribution in [0.25, 0.3) is 0 Å². The van der Waals surface area contributed by atoms with Gasteiger partial charge in [-0.05, 0) is 6.07 Å². The molecule has 0 aromatic heterocycles. The number of alkyl halides is 1. The van der Waals surface area contributed by atoms with Gasteiger partial charge in [0.15, 0.2) is 0 Å². The van der Waals surface area contributed by atoms with Crippen LogP contribution in [-0.2, 0) is 5.33 Å². The highest BCUT2D eigenvalue weighted by Crippen LogP contribution is 2.25. The van der Waals surface area contributed by atoms with Crippen molar-refractivity contribution in [2.45, 2.75) is 5.33 Å². The molecule has 2 nitrogen and oxygen atoms in total. The molecular formula is C9H11BrO2. The molecule has 0 atom stereocenters. The molecule has 0 aliphatic rings. The average molecular weight is 231 g/mol. The first-order valence-electron chi connectivity index (χ1n) is 3.58. The van der Waals surface area contributed by atoms with E-state index < -0.39 is 0 Å². The molecule has 1 rings (SSSR count). The molecule has 0 amide bonds. The summed E-state index contributed by atoms with van der Waals surface area (Å²) in [4.78, 5) is 0. The van der Waals surface area contributed by atoms with Gasteiger partial charge >= 0.3 is 0 Å². The normalized spacial score (nSPS) is 9.58. The lowest BCUT2D eigenvalue weighted by Crippen LogP contribution is -1.90. The lowest BCUT2D eigenvalue weighted by molar-refractivity contribution is 0.392. The third-order valence-corrected chi connectivity index (χ3v) is 2.24. The quantitative estimate of drug-likeness (QED) is 0.744. The molecule has 1 aromatic carbocycles. The van der Waals surface area contributed by atoms with Crippen LogP contribution in [0.5, 0.6) is 11.5 Å². The van der Waals surface area contributed by atoms with Crippen molar-refractivity contribution in [3.8, 4) is 11.5 Å². The highest BCUT2D eigenvalue weighted by Gasteiger charge is 2.02. The first kappa shape index (κ1) is 9.39. The summed E-state index contributed by atoms with van der Waals surface area (Å²) >= 11 is 3.37. The molecule has 66 valence electrons. The SMILES string of the molecule is COc1ccc(CBr)c(OC)c1. The average Bonchev–Trinajstić information content (AvgIpc) is 2.16. The first-order chi connectivity index (χ1) is 5.81. The minimum atomic E-state index is 0.792. The molecule has 12 heavy (non-hydrogen) atoms. The Labute approximate surface area is 80.6 Å². The van der Waals surface area contributed by atoms with E-state index in [-0.39, 0.29) is 0 Å². The van der Waals surface area contributed by atoms with Crippen molar-refractivity contribution in [2.75, 3.05) is 14.2 Å². The van der Waals surface area contributed by atoms with Crippen LogP contribution in [0.4, 0.5) is 0 Å². The Bertz CT molecular complexity index is 261. The summed E-state index contributed by atoms with van der Waals surface area (Å²) in [7, 11) is 3.30. The van der Waals surface area contributed by atoms with Crippen LogP contribution in [0, 0.1) is 0 Å². The number of hydrogen-bond donors (Lipinski definition) is 0. The Balaban J connectivity index is 3.02. The number of hydrogen-bond acceptors (Lipinski definition) is 2. The van der Waals surface area contributed by atoms with E-state index in [0.717, 1.165) is 22.4 Å². The fraction of sp³-hybridized carbons (Fsp3) is 0.333. The predicted octanol–water partition coefficient (Wildman–Crippen LogP) is 2.60. The van der Waals surface area contributed by atoms with Gasteiger partial charge in [0.25, 0.3) is 0 Å².